The van der Waals surface area contributed by atoms with Gasteiger partial charge in [0.15, 0.2) is 0 Å². The minimum atomic E-state index is -0.209. The van der Waals surface area contributed by atoms with E-state index < -0.39 is 0 Å². The van der Waals surface area contributed by atoms with Crippen molar-refractivity contribution in [3.63, 3.8) is 0 Å². The summed E-state index contributed by atoms with van der Waals surface area (Å²) in [6, 6.07) is 3.93. The highest BCUT2D eigenvalue weighted by atomic mass is 16.1. The van der Waals surface area contributed by atoms with E-state index in [0.717, 1.165) is 12.1 Å². The topological polar surface area (TPSA) is 48.0 Å². The Morgan fingerprint density at radius 2 is 1.82 bits per heavy atom. The van der Waals surface area contributed by atoms with Crippen molar-refractivity contribution in [3.05, 3.63) is 33.7 Å². The van der Waals surface area contributed by atoms with Gasteiger partial charge < -0.3 is 10.3 Å². The van der Waals surface area contributed by atoms with Gasteiger partial charge in [-0.1, -0.05) is 26.8 Å². The smallest absolute Gasteiger partial charge is 0.255 e. The molecule has 0 fully saturated rings. The summed E-state index contributed by atoms with van der Waals surface area (Å²) in [6.45, 7) is 10.3. The van der Waals surface area contributed by atoms with Crippen molar-refractivity contribution in [3.8, 4) is 0 Å². The van der Waals surface area contributed by atoms with Crippen LogP contribution < -0.4 is 11.3 Å². The van der Waals surface area contributed by atoms with E-state index in [0.29, 0.717) is 11.5 Å². The van der Waals surface area contributed by atoms with Gasteiger partial charge in [0.25, 0.3) is 5.56 Å². The molecule has 0 amide bonds. The van der Waals surface area contributed by atoms with E-state index in [-0.39, 0.29) is 17.6 Å². The van der Waals surface area contributed by atoms with Gasteiger partial charge in [0, 0.05) is 23.3 Å². The fourth-order valence-corrected chi connectivity index (χ4v) is 2.04. The highest BCUT2D eigenvalue weighted by Crippen LogP contribution is 2.20. The van der Waals surface area contributed by atoms with Gasteiger partial charge in [0.1, 0.15) is 0 Å². The second-order valence-electron chi connectivity index (χ2n) is 5.09. The molecule has 0 aliphatic heterocycles. The maximum atomic E-state index is 12.4. The van der Waals surface area contributed by atoms with Crippen molar-refractivity contribution < 1.29 is 0 Å². The summed E-state index contributed by atoms with van der Waals surface area (Å²) >= 11 is 0. The van der Waals surface area contributed by atoms with Gasteiger partial charge in [-0.3, -0.25) is 4.79 Å². The third kappa shape index (κ3) is 2.78. The van der Waals surface area contributed by atoms with Crippen LogP contribution in [0.15, 0.2) is 16.9 Å². The van der Waals surface area contributed by atoms with Crippen molar-refractivity contribution in [2.75, 3.05) is 0 Å². The minimum absolute atomic E-state index is 0.0700. The van der Waals surface area contributed by atoms with Crippen molar-refractivity contribution in [1.29, 1.82) is 0 Å². The average molecular weight is 236 g/mol. The number of nitrogens with zero attached hydrogens (tertiary/aromatic N) is 1. The van der Waals surface area contributed by atoms with Crippen LogP contribution in [0, 0.1) is 0 Å². The van der Waals surface area contributed by atoms with E-state index >= 15 is 0 Å². The minimum Gasteiger partial charge on any atom is -0.324 e. The first-order valence-electron chi connectivity index (χ1n) is 6.41. The van der Waals surface area contributed by atoms with Crippen LogP contribution in [0.25, 0.3) is 0 Å². The fraction of sp³-hybridized carbons (Fsp3) is 0.643. The zero-order valence-corrected chi connectivity index (χ0v) is 11.5. The standard InChI is InChI=1S/C14H24N2O/c1-6-10(4)16-13(9(2)3)8-7-12(11(5)15)14(16)17/h7-11H,6,15H2,1-5H3. The molecule has 0 aliphatic rings. The molecule has 2 atom stereocenters. The van der Waals surface area contributed by atoms with E-state index in [2.05, 4.69) is 27.7 Å². The van der Waals surface area contributed by atoms with Gasteiger partial charge in [0.05, 0.1) is 0 Å². The molecule has 0 aromatic carbocycles. The van der Waals surface area contributed by atoms with E-state index in [9.17, 15) is 4.79 Å². The monoisotopic (exact) mass is 236 g/mol. The molecule has 0 saturated heterocycles. The number of hydrogen-bond donors (Lipinski definition) is 1. The fourth-order valence-electron chi connectivity index (χ4n) is 2.04. The van der Waals surface area contributed by atoms with Gasteiger partial charge in [0.2, 0.25) is 0 Å². The maximum absolute atomic E-state index is 12.4. The lowest BCUT2D eigenvalue weighted by Crippen LogP contribution is -2.31. The predicted molar refractivity (Wildman–Crippen MR) is 72.4 cm³/mol. The van der Waals surface area contributed by atoms with Crippen molar-refractivity contribution in [2.45, 2.75) is 59.0 Å². The van der Waals surface area contributed by atoms with Gasteiger partial charge >= 0.3 is 0 Å². The number of rotatable bonds is 4. The van der Waals surface area contributed by atoms with Crippen molar-refractivity contribution >= 4 is 0 Å². The second kappa shape index (κ2) is 5.50. The molecule has 1 heterocycles. The Kier molecular flexibility index (Phi) is 4.52. The molecular formula is C14H24N2O. The van der Waals surface area contributed by atoms with E-state index in [4.69, 9.17) is 5.73 Å². The predicted octanol–water partition coefficient (Wildman–Crippen LogP) is 2.96. The average Bonchev–Trinajstić information content (AvgIpc) is 2.26. The van der Waals surface area contributed by atoms with Crippen LogP contribution in [0.1, 0.15) is 70.3 Å². The lowest BCUT2D eigenvalue weighted by Gasteiger charge is -2.22. The molecule has 96 valence electrons. The molecule has 2 N–H and O–H groups in total. The van der Waals surface area contributed by atoms with E-state index in [1.54, 1.807) is 0 Å². The second-order valence-corrected chi connectivity index (χ2v) is 5.09. The van der Waals surface area contributed by atoms with Crippen LogP contribution in [0.5, 0.6) is 0 Å². The normalized spacial score (nSPS) is 15.0. The summed E-state index contributed by atoms with van der Waals surface area (Å²) in [5.41, 5.74) is 7.70. The summed E-state index contributed by atoms with van der Waals surface area (Å²) < 4.78 is 1.91. The Labute approximate surface area is 104 Å². The van der Waals surface area contributed by atoms with Crippen LogP contribution in [0.2, 0.25) is 0 Å². The zero-order chi connectivity index (χ0) is 13.2. The van der Waals surface area contributed by atoms with Crippen LogP contribution in [-0.4, -0.2) is 4.57 Å². The number of nitrogens with two attached hydrogens (primary N) is 1. The Bertz CT molecular complexity index is 432. The van der Waals surface area contributed by atoms with Gasteiger partial charge in [-0.25, -0.2) is 0 Å². The van der Waals surface area contributed by atoms with Crippen molar-refractivity contribution in [1.82, 2.24) is 4.57 Å². The molecule has 1 aromatic heterocycles. The highest BCUT2D eigenvalue weighted by Gasteiger charge is 2.16. The number of aromatic nitrogens is 1. The highest BCUT2D eigenvalue weighted by molar-refractivity contribution is 5.21. The van der Waals surface area contributed by atoms with Crippen molar-refractivity contribution in [2.24, 2.45) is 5.73 Å². The van der Waals surface area contributed by atoms with E-state index in [1.165, 1.54) is 0 Å². The lowest BCUT2D eigenvalue weighted by molar-refractivity contribution is 0.478. The quantitative estimate of drug-likeness (QED) is 0.873. The van der Waals surface area contributed by atoms with Crippen LogP contribution in [-0.2, 0) is 0 Å². The largest absolute Gasteiger partial charge is 0.324 e. The molecular weight excluding hydrogens is 212 g/mol. The lowest BCUT2D eigenvalue weighted by atomic mass is 10.0. The summed E-state index contributed by atoms with van der Waals surface area (Å²) in [5, 5.41) is 0. The molecule has 0 bridgehead atoms. The van der Waals surface area contributed by atoms with Gasteiger partial charge in [-0.2, -0.15) is 0 Å². The first-order chi connectivity index (χ1) is 7.90. The summed E-state index contributed by atoms with van der Waals surface area (Å²) in [5.74, 6) is 0.346. The maximum Gasteiger partial charge on any atom is 0.255 e. The Hall–Kier alpha value is -1.09. The molecule has 3 nitrogen and oxygen atoms in total. The molecule has 1 rings (SSSR count). The summed E-state index contributed by atoms with van der Waals surface area (Å²) in [6.07, 6.45) is 0.946. The summed E-state index contributed by atoms with van der Waals surface area (Å²) in [4.78, 5) is 12.4. The SMILES string of the molecule is CCC(C)n1c(C(C)C)ccc(C(C)N)c1=O. The van der Waals surface area contributed by atoms with Gasteiger partial charge in [-0.05, 0) is 32.3 Å². The molecule has 17 heavy (non-hydrogen) atoms. The molecule has 3 heteroatoms. The van der Waals surface area contributed by atoms with Gasteiger partial charge in [-0.15, -0.1) is 0 Å². The number of hydrogen-bond acceptors (Lipinski definition) is 2. The molecule has 0 aliphatic carbocycles. The van der Waals surface area contributed by atoms with Crippen LogP contribution >= 0.6 is 0 Å². The molecule has 2 unspecified atom stereocenters. The molecule has 0 spiro atoms. The first kappa shape index (κ1) is 14.0. The van der Waals surface area contributed by atoms with E-state index in [1.807, 2.05) is 23.6 Å². The Morgan fingerprint density at radius 3 is 2.24 bits per heavy atom. The third-order valence-corrected chi connectivity index (χ3v) is 3.29. The Morgan fingerprint density at radius 1 is 1.24 bits per heavy atom. The first-order valence-corrected chi connectivity index (χ1v) is 6.41. The molecule has 0 radical (unpaired) electrons. The molecule has 1 aromatic rings. The number of pyridine rings is 1. The van der Waals surface area contributed by atoms with Crippen LogP contribution in [0.4, 0.5) is 0 Å². The summed E-state index contributed by atoms with van der Waals surface area (Å²) in [7, 11) is 0. The zero-order valence-electron chi connectivity index (χ0n) is 11.5. The van der Waals surface area contributed by atoms with Crippen LogP contribution in [0.3, 0.4) is 0 Å². The third-order valence-electron chi connectivity index (χ3n) is 3.29. The molecule has 0 saturated carbocycles. The Balaban J connectivity index is 3.48.